The maximum Gasteiger partial charge on any atom is 0.229 e. The molecule has 5 nitrogen and oxygen atoms in total. The van der Waals surface area contributed by atoms with Crippen molar-refractivity contribution in [2.24, 2.45) is 0 Å². The number of thiazole rings is 1. The van der Waals surface area contributed by atoms with E-state index in [-0.39, 0.29) is 17.9 Å². The molecule has 1 unspecified atom stereocenters. The zero-order chi connectivity index (χ0) is 18.4. The van der Waals surface area contributed by atoms with Gasteiger partial charge in [0.05, 0.1) is 18.2 Å². The van der Waals surface area contributed by atoms with Crippen molar-refractivity contribution in [3.63, 3.8) is 0 Å². The van der Waals surface area contributed by atoms with Crippen LogP contribution in [0.15, 0.2) is 29.6 Å². The number of rotatable bonds is 5. The molecular weight excluding hydrogens is 358 g/mol. The van der Waals surface area contributed by atoms with E-state index in [1.807, 2.05) is 5.38 Å². The summed E-state index contributed by atoms with van der Waals surface area (Å²) >= 11 is 1.47. The molecule has 1 atom stereocenters. The first-order chi connectivity index (χ1) is 13.2. The molecule has 2 heterocycles. The van der Waals surface area contributed by atoms with E-state index >= 15 is 0 Å². The molecule has 1 aromatic carbocycles. The van der Waals surface area contributed by atoms with Gasteiger partial charge in [-0.1, -0.05) is 24.3 Å². The first-order valence-electron chi connectivity index (χ1n) is 9.84. The lowest BCUT2D eigenvalue weighted by atomic mass is 10.1. The molecule has 2 fully saturated rings. The van der Waals surface area contributed by atoms with Crippen LogP contribution in [0.2, 0.25) is 0 Å². The Labute approximate surface area is 163 Å². The summed E-state index contributed by atoms with van der Waals surface area (Å²) in [6.07, 6.45) is 6.10. The highest BCUT2D eigenvalue weighted by atomic mass is 32.1. The molecule has 0 radical (unpaired) electrons. The third kappa shape index (κ3) is 3.16. The second-order valence-corrected chi connectivity index (χ2v) is 8.57. The first kappa shape index (κ1) is 16.9. The van der Waals surface area contributed by atoms with Crippen molar-refractivity contribution in [2.75, 3.05) is 11.4 Å². The minimum absolute atomic E-state index is 0.143. The SMILES string of the molecule is O=C1CCCN1c1nc(CC(=O)N(C2CC2)C2CCc3ccccc32)cs1. The molecule has 2 aromatic rings. The highest BCUT2D eigenvalue weighted by Crippen LogP contribution is 2.42. The number of amides is 2. The van der Waals surface area contributed by atoms with E-state index in [1.165, 1.54) is 22.5 Å². The standard InChI is InChI=1S/C21H23N3O2S/c25-19-6-3-11-23(19)21-22-15(13-27-21)12-20(26)24(16-8-9-16)18-10-7-14-4-1-2-5-17(14)18/h1-2,4-5,13,16,18H,3,6-12H2. The van der Waals surface area contributed by atoms with Crippen LogP contribution in [-0.2, 0) is 22.4 Å². The van der Waals surface area contributed by atoms with Crippen molar-refractivity contribution in [2.45, 2.75) is 57.0 Å². The van der Waals surface area contributed by atoms with Crippen LogP contribution in [0.3, 0.4) is 0 Å². The summed E-state index contributed by atoms with van der Waals surface area (Å²) in [6.45, 7) is 0.743. The van der Waals surface area contributed by atoms with E-state index in [0.717, 1.165) is 49.5 Å². The van der Waals surface area contributed by atoms with Gasteiger partial charge in [-0.15, -0.1) is 11.3 Å². The first-order valence-corrected chi connectivity index (χ1v) is 10.7. The van der Waals surface area contributed by atoms with Crippen LogP contribution in [0, 0.1) is 0 Å². The molecule has 1 aromatic heterocycles. The lowest BCUT2D eigenvalue weighted by Crippen LogP contribution is -2.37. The quantitative estimate of drug-likeness (QED) is 0.797. The highest BCUT2D eigenvalue weighted by Gasteiger charge is 2.40. The molecule has 0 bridgehead atoms. The molecule has 27 heavy (non-hydrogen) atoms. The van der Waals surface area contributed by atoms with Gasteiger partial charge in [0.15, 0.2) is 5.13 Å². The molecule has 1 saturated heterocycles. The predicted molar refractivity (Wildman–Crippen MR) is 105 cm³/mol. The number of nitrogens with zero attached hydrogens (tertiary/aromatic N) is 3. The predicted octanol–water partition coefficient (Wildman–Crippen LogP) is 3.49. The van der Waals surface area contributed by atoms with E-state index < -0.39 is 0 Å². The summed E-state index contributed by atoms with van der Waals surface area (Å²) in [5.74, 6) is 0.313. The molecule has 2 amide bonds. The van der Waals surface area contributed by atoms with E-state index in [2.05, 4.69) is 34.1 Å². The number of carbonyl (C=O) groups is 2. The van der Waals surface area contributed by atoms with Crippen LogP contribution < -0.4 is 4.90 Å². The van der Waals surface area contributed by atoms with Gasteiger partial charge in [-0.2, -0.15) is 0 Å². The van der Waals surface area contributed by atoms with Crippen LogP contribution in [0.5, 0.6) is 0 Å². The van der Waals surface area contributed by atoms with Crippen LogP contribution in [0.1, 0.15) is 55.0 Å². The number of benzene rings is 1. The van der Waals surface area contributed by atoms with Crippen molar-refractivity contribution >= 4 is 28.3 Å². The minimum atomic E-state index is 0.143. The Hall–Kier alpha value is -2.21. The topological polar surface area (TPSA) is 53.5 Å². The number of aromatic nitrogens is 1. The largest absolute Gasteiger partial charge is 0.332 e. The molecular formula is C21H23N3O2S. The maximum absolute atomic E-state index is 13.2. The van der Waals surface area contributed by atoms with Crippen LogP contribution in [0.4, 0.5) is 5.13 Å². The van der Waals surface area contributed by atoms with Gasteiger partial charge in [-0.3, -0.25) is 14.5 Å². The number of carbonyl (C=O) groups excluding carboxylic acids is 2. The molecule has 1 saturated carbocycles. The van der Waals surface area contributed by atoms with E-state index in [1.54, 1.807) is 4.90 Å². The van der Waals surface area contributed by atoms with E-state index in [0.29, 0.717) is 18.9 Å². The average molecular weight is 382 g/mol. The van der Waals surface area contributed by atoms with Gasteiger partial charge >= 0.3 is 0 Å². The van der Waals surface area contributed by atoms with Gasteiger partial charge in [0.2, 0.25) is 11.8 Å². The molecule has 0 N–H and O–H groups in total. The fourth-order valence-electron chi connectivity index (χ4n) is 4.41. The Kier molecular flexibility index (Phi) is 4.23. The van der Waals surface area contributed by atoms with Crippen LogP contribution >= 0.6 is 11.3 Å². The van der Waals surface area contributed by atoms with Crippen molar-refractivity contribution in [1.82, 2.24) is 9.88 Å². The number of anilines is 1. The second-order valence-electron chi connectivity index (χ2n) is 7.73. The zero-order valence-corrected chi connectivity index (χ0v) is 16.1. The molecule has 0 spiro atoms. The summed E-state index contributed by atoms with van der Waals surface area (Å²) in [5, 5.41) is 2.68. The zero-order valence-electron chi connectivity index (χ0n) is 15.3. The van der Waals surface area contributed by atoms with Crippen LogP contribution in [-0.4, -0.2) is 34.3 Å². The monoisotopic (exact) mass is 381 g/mol. The van der Waals surface area contributed by atoms with Crippen molar-refractivity contribution < 1.29 is 9.59 Å². The molecule has 5 rings (SSSR count). The normalized spacial score (nSPS) is 21.6. The number of hydrogen-bond donors (Lipinski definition) is 0. The Morgan fingerprint density at radius 1 is 1.22 bits per heavy atom. The summed E-state index contributed by atoms with van der Waals surface area (Å²) < 4.78 is 0. The minimum Gasteiger partial charge on any atom is -0.332 e. The fraction of sp³-hybridized carbons (Fsp3) is 0.476. The molecule has 6 heteroatoms. The summed E-state index contributed by atoms with van der Waals surface area (Å²) in [7, 11) is 0. The second kappa shape index (κ2) is 6.75. The summed E-state index contributed by atoms with van der Waals surface area (Å²) in [6, 6.07) is 9.11. The van der Waals surface area contributed by atoms with E-state index in [9.17, 15) is 9.59 Å². The molecule has 3 aliphatic rings. The Bertz CT molecular complexity index is 889. The number of aryl methyl sites for hydroxylation is 1. The van der Waals surface area contributed by atoms with Gasteiger partial charge in [-0.05, 0) is 43.2 Å². The van der Waals surface area contributed by atoms with Gasteiger partial charge in [0, 0.05) is 24.4 Å². The third-order valence-electron chi connectivity index (χ3n) is 5.84. The number of fused-ring (bicyclic) bond motifs is 1. The van der Waals surface area contributed by atoms with Gasteiger partial charge in [-0.25, -0.2) is 4.98 Å². The van der Waals surface area contributed by atoms with Crippen molar-refractivity contribution in [3.05, 3.63) is 46.5 Å². The molecule has 1 aliphatic heterocycles. The smallest absolute Gasteiger partial charge is 0.229 e. The number of hydrogen-bond acceptors (Lipinski definition) is 4. The third-order valence-corrected chi connectivity index (χ3v) is 6.75. The Morgan fingerprint density at radius 3 is 2.85 bits per heavy atom. The summed E-state index contributed by atoms with van der Waals surface area (Å²) in [4.78, 5) is 33.6. The van der Waals surface area contributed by atoms with E-state index in [4.69, 9.17) is 0 Å². The van der Waals surface area contributed by atoms with Crippen LogP contribution in [0.25, 0.3) is 0 Å². The fourth-order valence-corrected chi connectivity index (χ4v) is 5.27. The van der Waals surface area contributed by atoms with Crippen molar-refractivity contribution in [3.8, 4) is 0 Å². The molecule has 2 aliphatic carbocycles. The molecule has 140 valence electrons. The average Bonchev–Trinajstić information content (AvgIpc) is 3.04. The van der Waals surface area contributed by atoms with Gasteiger partial charge in [0.25, 0.3) is 0 Å². The Balaban J connectivity index is 1.34. The van der Waals surface area contributed by atoms with Crippen molar-refractivity contribution in [1.29, 1.82) is 0 Å². The highest BCUT2D eigenvalue weighted by molar-refractivity contribution is 7.14. The Morgan fingerprint density at radius 2 is 2.07 bits per heavy atom. The maximum atomic E-state index is 13.2. The summed E-state index contributed by atoms with van der Waals surface area (Å²) in [5.41, 5.74) is 3.49. The van der Waals surface area contributed by atoms with Gasteiger partial charge < -0.3 is 4.90 Å². The lowest BCUT2D eigenvalue weighted by Gasteiger charge is -2.30. The lowest BCUT2D eigenvalue weighted by molar-refractivity contribution is -0.133. The van der Waals surface area contributed by atoms with Gasteiger partial charge in [0.1, 0.15) is 0 Å².